The van der Waals surface area contributed by atoms with Gasteiger partial charge in [0.15, 0.2) is 0 Å². The zero-order valence-electron chi connectivity index (χ0n) is 27.1. The Labute approximate surface area is 279 Å². The van der Waals surface area contributed by atoms with Gasteiger partial charge in [-0.1, -0.05) is 18.9 Å². The summed E-state index contributed by atoms with van der Waals surface area (Å²) in [6.07, 6.45) is 8.74. The van der Waals surface area contributed by atoms with E-state index in [4.69, 9.17) is 18.6 Å². The van der Waals surface area contributed by atoms with Crippen LogP contribution in [0.5, 0.6) is 5.75 Å². The zero-order chi connectivity index (χ0) is 33.7. The first-order valence-corrected chi connectivity index (χ1v) is 16.8. The molecule has 8 nitrogen and oxygen atoms in total. The van der Waals surface area contributed by atoms with Crippen LogP contribution in [0.25, 0.3) is 21.7 Å². The van der Waals surface area contributed by atoms with Crippen molar-refractivity contribution in [2.75, 3.05) is 39.6 Å². The number of ether oxygens (including phenoxy) is 3. The van der Waals surface area contributed by atoms with Crippen molar-refractivity contribution in [1.29, 1.82) is 0 Å². The van der Waals surface area contributed by atoms with Crippen LogP contribution in [0.1, 0.15) is 74.3 Å². The molecule has 5 rings (SSSR count). The van der Waals surface area contributed by atoms with Crippen molar-refractivity contribution in [3.63, 3.8) is 0 Å². The van der Waals surface area contributed by atoms with Gasteiger partial charge in [0.1, 0.15) is 42.1 Å². The normalized spacial score (nSPS) is 17.0. The molecule has 0 radical (unpaired) electrons. The number of benzene rings is 3. The largest absolute Gasteiger partial charge is 0.491 e. The molecule has 4 aromatic rings. The number of aldehydes is 2. The summed E-state index contributed by atoms with van der Waals surface area (Å²) in [5.41, 5.74) is 1.93. The molecule has 1 amide bonds. The second-order valence-corrected chi connectivity index (χ2v) is 12.4. The first-order chi connectivity index (χ1) is 23.5. The van der Waals surface area contributed by atoms with E-state index in [1.165, 1.54) is 12.1 Å². The Morgan fingerprint density at radius 3 is 2.65 bits per heavy atom. The lowest BCUT2D eigenvalue weighted by Crippen LogP contribution is -2.28. The van der Waals surface area contributed by atoms with Crippen molar-refractivity contribution < 1.29 is 41.8 Å². The molecule has 0 spiro atoms. The number of hydrogen-bond acceptors (Lipinski definition) is 7. The van der Waals surface area contributed by atoms with Gasteiger partial charge in [0.05, 0.1) is 32.7 Å². The number of nitrogens with one attached hydrogen (secondary N) is 1. The number of hydrogen-bond donors (Lipinski definition) is 1. The smallest absolute Gasteiger partial charge is 0.220 e. The topological polar surface area (TPSA) is 104 Å². The predicted octanol–water partition coefficient (Wildman–Crippen LogP) is 7.41. The van der Waals surface area contributed by atoms with Gasteiger partial charge in [-0.15, -0.1) is 0 Å². The van der Waals surface area contributed by atoms with Crippen LogP contribution in [-0.4, -0.2) is 58.1 Å². The predicted molar refractivity (Wildman–Crippen MR) is 178 cm³/mol. The van der Waals surface area contributed by atoms with Crippen LogP contribution in [-0.2, 0) is 23.9 Å². The van der Waals surface area contributed by atoms with E-state index in [-0.39, 0.29) is 17.6 Å². The summed E-state index contributed by atoms with van der Waals surface area (Å²) in [4.78, 5) is 34.9. The second-order valence-electron chi connectivity index (χ2n) is 12.4. The molecule has 0 aliphatic heterocycles. The van der Waals surface area contributed by atoms with E-state index in [0.29, 0.717) is 81.7 Å². The van der Waals surface area contributed by atoms with Crippen LogP contribution in [0.3, 0.4) is 0 Å². The number of amides is 1. The second kappa shape index (κ2) is 17.8. The molecule has 1 saturated carbocycles. The van der Waals surface area contributed by atoms with Gasteiger partial charge < -0.3 is 33.5 Å². The van der Waals surface area contributed by atoms with Crippen LogP contribution >= 0.6 is 0 Å². The van der Waals surface area contributed by atoms with Crippen molar-refractivity contribution in [2.24, 2.45) is 5.92 Å². The monoisotopic (exact) mass is 663 g/mol. The first-order valence-electron chi connectivity index (χ1n) is 16.8. The molecule has 1 N–H and O–H groups in total. The van der Waals surface area contributed by atoms with Gasteiger partial charge in [0.25, 0.3) is 0 Å². The van der Waals surface area contributed by atoms with Crippen molar-refractivity contribution >= 4 is 40.2 Å². The van der Waals surface area contributed by atoms with Gasteiger partial charge in [-0.25, -0.2) is 8.78 Å². The van der Waals surface area contributed by atoms with Gasteiger partial charge in [0.2, 0.25) is 5.91 Å². The van der Waals surface area contributed by atoms with Crippen molar-refractivity contribution in [1.82, 2.24) is 5.32 Å². The number of halogens is 2. The highest BCUT2D eigenvalue weighted by atomic mass is 19.1. The van der Waals surface area contributed by atoms with Crippen LogP contribution in [0.4, 0.5) is 8.78 Å². The standard InChI is InChI=1S/C38H43F2NO7/c39-30-8-11-35(40)33(23-30)27-4-1-3-26(21-27)6-13-37(44)41-14-16-45-17-18-46-19-20-47-31-9-10-32-28(22-31)7-12-36-38(32)34(25-48-36)29(24-43)5-2-15-42/h7-12,15,22-27,29H,1-6,13-14,16-21H2,(H,41,44). The minimum Gasteiger partial charge on any atom is -0.491 e. The lowest BCUT2D eigenvalue weighted by Gasteiger charge is -2.29. The molecule has 3 atom stereocenters. The lowest BCUT2D eigenvalue weighted by molar-refractivity contribution is -0.121. The zero-order valence-corrected chi connectivity index (χ0v) is 27.1. The summed E-state index contributed by atoms with van der Waals surface area (Å²) in [7, 11) is 0. The Morgan fingerprint density at radius 2 is 1.81 bits per heavy atom. The molecule has 10 heteroatoms. The van der Waals surface area contributed by atoms with E-state index < -0.39 is 11.7 Å². The molecule has 48 heavy (non-hydrogen) atoms. The van der Waals surface area contributed by atoms with Gasteiger partial charge in [-0.3, -0.25) is 4.79 Å². The summed E-state index contributed by atoms with van der Waals surface area (Å²) >= 11 is 0. The van der Waals surface area contributed by atoms with Crippen molar-refractivity contribution in [3.05, 3.63) is 77.6 Å². The molecule has 0 saturated heterocycles. The molecule has 256 valence electrons. The number of fused-ring (bicyclic) bond motifs is 3. The van der Waals surface area contributed by atoms with E-state index >= 15 is 0 Å². The lowest BCUT2D eigenvalue weighted by atomic mass is 9.76. The Balaban J connectivity index is 0.933. The molecule has 1 heterocycles. The fourth-order valence-corrected chi connectivity index (χ4v) is 6.67. The Morgan fingerprint density at radius 1 is 0.979 bits per heavy atom. The summed E-state index contributed by atoms with van der Waals surface area (Å²) in [6.45, 7) is 2.32. The molecular weight excluding hydrogens is 620 g/mol. The SMILES string of the molecule is O=CCCC(C=O)c1coc2ccc3cc(OCCOCCOCCNC(=O)CCC4CCCC(c5cc(F)ccc5F)C4)ccc3c12. The fraction of sp³-hybridized carbons (Fsp3) is 0.447. The molecule has 0 bridgehead atoms. The number of furan rings is 1. The van der Waals surface area contributed by atoms with E-state index in [9.17, 15) is 23.2 Å². The molecule has 1 aliphatic carbocycles. The minimum atomic E-state index is -0.415. The molecule has 3 unspecified atom stereocenters. The Kier molecular flexibility index (Phi) is 13.1. The Hall–Kier alpha value is -4.15. The highest BCUT2D eigenvalue weighted by Gasteiger charge is 2.26. The highest BCUT2D eigenvalue weighted by molar-refractivity contribution is 6.08. The third-order valence-corrected chi connectivity index (χ3v) is 9.11. The first kappa shape index (κ1) is 35.2. The molecular formula is C38H43F2NO7. The number of rotatable bonds is 19. The van der Waals surface area contributed by atoms with Crippen LogP contribution in [0.2, 0.25) is 0 Å². The van der Waals surface area contributed by atoms with Gasteiger partial charge in [-0.2, -0.15) is 0 Å². The third-order valence-electron chi connectivity index (χ3n) is 9.11. The molecule has 3 aromatic carbocycles. The van der Waals surface area contributed by atoms with E-state index in [0.717, 1.165) is 72.5 Å². The molecule has 1 aliphatic rings. The van der Waals surface area contributed by atoms with Crippen LogP contribution < -0.4 is 10.1 Å². The molecule has 1 fully saturated rings. The maximum Gasteiger partial charge on any atom is 0.220 e. The average molecular weight is 664 g/mol. The Bertz CT molecular complexity index is 1670. The highest BCUT2D eigenvalue weighted by Crippen LogP contribution is 2.39. The van der Waals surface area contributed by atoms with E-state index in [1.54, 1.807) is 6.26 Å². The summed E-state index contributed by atoms with van der Waals surface area (Å²) < 4.78 is 50.6. The van der Waals surface area contributed by atoms with Gasteiger partial charge in [-0.05, 0) is 96.3 Å². The summed E-state index contributed by atoms with van der Waals surface area (Å²) in [6, 6.07) is 13.2. The van der Waals surface area contributed by atoms with E-state index in [1.807, 2.05) is 30.3 Å². The van der Waals surface area contributed by atoms with Crippen molar-refractivity contribution in [3.8, 4) is 5.75 Å². The third kappa shape index (κ3) is 9.48. The van der Waals surface area contributed by atoms with Gasteiger partial charge in [0, 0.05) is 36.3 Å². The van der Waals surface area contributed by atoms with Gasteiger partial charge >= 0.3 is 0 Å². The quantitative estimate of drug-likeness (QED) is 0.0823. The average Bonchev–Trinajstić information content (AvgIpc) is 3.54. The number of carbonyl (C=O) groups is 3. The summed E-state index contributed by atoms with van der Waals surface area (Å²) in [5.74, 6) is -0.200. The summed E-state index contributed by atoms with van der Waals surface area (Å²) in [5, 5.41) is 5.66. The van der Waals surface area contributed by atoms with Crippen LogP contribution in [0.15, 0.2) is 59.2 Å². The number of carbonyl (C=O) groups excluding carboxylic acids is 3. The maximum atomic E-state index is 14.2. The fourth-order valence-electron chi connectivity index (χ4n) is 6.67. The molecule has 1 aromatic heterocycles. The van der Waals surface area contributed by atoms with E-state index in [2.05, 4.69) is 5.32 Å². The van der Waals surface area contributed by atoms with Crippen LogP contribution in [0, 0.1) is 17.6 Å². The van der Waals surface area contributed by atoms with Crippen molar-refractivity contribution in [2.45, 2.75) is 63.2 Å². The maximum absolute atomic E-state index is 14.2. The minimum absolute atomic E-state index is 0.00250.